The molecule has 0 radical (unpaired) electrons. The highest BCUT2D eigenvalue weighted by atomic mass is 32.2. The Bertz CT molecular complexity index is 941. The van der Waals surface area contributed by atoms with Gasteiger partial charge >= 0.3 is 0 Å². The van der Waals surface area contributed by atoms with Gasteiger partial charge in [-0.15, -0.1) is 10.2 Å². The Morgan fingerprint density at radius 3 is 2.89 bits per heavy atom. The summed E-state index contributed by atoms with van der Waals surface area (Å²) in [4.78, 5) is 26.0. The van der Waals surface area contributed by atoms with Crippen molar-refractivity contribution >= 4 is 50.9 Å². The second-order valence-electron chi connectivity index (χ2n) is 5.66. The number of aryl methyl sites for hydroxylation is 1. The van der Waals surface area contributed by atoms with Gasteiger partial charge < -0.3 is 5.32 Å². The minimum absolute atomic E-state index is 0.151. The molecule has 138 valence electrons. The molecule has 2 aliphatic heterocycles. The van der Waals surface area contributed by atoms with E-state index >= 15 is 0 Å². The molecule has 4 rings (SSSR count). The number of anilines is 1. The molecule has 2 amide bonds. The second-order valence-corrected chi connectivity index (χ2v) is 7.79. The van der Waals surface area contributed by atoms with Crippen LogP contribution in [0.2, 0.25) is 0 Å². The van der Waals surface area contributed by atoms with Crippen molar-refractivity contribution in [3.05, 3.63) is 47.0 Å². The number of aromatic nitrogens is 2. The van der Waals surface area contributed by atoms with Crippen LogP contribution < -0.4 is 16.1 Å². The average Bonchev–Trinajstić information content (AvgIpc) is 3.26. The first-order chi connectivity index (χ1) is 13.1. The molecule has 3 heterocycles. The first-order valence-corrected chi connectivity index (χ1v) is 9.83. The molecule has 3 N–H and O–H groups in total. The summed E-state index contributed by atoms with van der Waals surface area (Å²) >= 11 is 2.59. The molecule has 27 heavy (non-hydrogen) atoms. The lowest BCUT2D eigenvalue weighted by Gasteiger charge is -2.32. The number of amides is 2. The van der Waals surface area contributed by atoms with Crippen molar-refractivity contribution < 1.29 is 9.59 Å². The number of benzene rings is 1. The highest BCUT2D eigenvalue weighted by Gasteiger charge is 2.36. The normalized spacial score (nSPS) is 18.2. The molecule has 2 aromatic rings. The number of nitrogens with zero attached hydrogens (tertiary/aromatic N) is 4. The van der Waals surface area contributed by atoms with Crippen molar-refractivity contribution in [1.29, 1.82) is 0 Å². The fourth-order valence-electron chi connectivity index (χ4n) is 2.61. The van der Waals surface area contributed by atoms with E-state index in [1.807, 2.05) is 42.2 Å². The Kier molecular flexibility index (Phi) is 4.77. The Balaban J connectivity index is 1.46. The minimum Gasteiger partial charge on any atom is -0.314 e. The quantitative estimate of drug-likeness (QED) is 0.705. The summed E-state index contributed by atoms with van der Waals surface area (Å²) < 4.78 is 0. The zero-order chi connectivity index (χ0) is 18.8. The third kappa shape index (κ3) is 3.78. The third-order valence-electron chi connectivity index (χ3n) is 3.73. The van der Waals surface area contributed by atoms with E-state index in [4.69, 9.17) is 0 Å². The van der Waals surface area contributed by atoms with E-state index in [2.05, 4.69) is 31.4 Å². The van der Waals surface area contributed by atoms with Gasteiger partial charge in [-0.1, -0.05) is 53.4 Å². The monoisotopic (exact) mass is 401 g/mol. The molecule has 0 saturated carbocycles. The Morgan fingerprint density at radius 2 is 2.15 bits per heavy atom. The van der Waals surface area contributed by atoms with Crippen molar-refractivity contribution in [3.63, 3.8) is 0 Å². The fraction of sp³-hybridized carbons (Fsp3) is 0.188. The highest BCUT2D eigenvalue weighted by molar-refractivity contribution is 8.14. The molecule has 1 unspecified atom stereocenters. The molecule has 1 aromatic carbocycles. The van der Waals surface area contributed by atoms with Crippen molar-refractivity contribution in [3.8, 4) is 0 Å². The lowest BCUT2D eigenvalue weighted by atomic mass is 10.1. The topological polar surface area (TPSA) is 112 Å². The summed E-state index contributed by atoms with van der Waals surface area (Å²) in [6.45, 7) is 1.82. The number of hydrogen-bond donors (Lipinski definition) is 3. The summed E-state index contributed by atoms with van der Waals surface area (Å²) in [7, 11) is 0. The minimum atomic E-state index is -0.478. The van der Waals surface area contributed by atoms with Crippen LogP contribution in [0.25, 0.3) is 5.70 Å². The molecule has 9 nitrogen and oxygen atoms in total. The molecule has 11 heteroatoms. The zero-order valence-electron chi connectivity index (χ0n) is 14.2. The van der Waals surface area contributed by atoms with Gasteiger partial charge in [0.05, 0.1) is 11.4 Å². The van der Waals surface area contributed by atoms with Gasteiger partial charge in [0, 0.05) is 6.08 Å². The number of carbonyl (C=O) groups excluding carboxylic acids is 2. The second kappa shape index (κ2) is 7.37. The molecule has 2 aliphatic rings. The number of hydrogen-bond acceptors (Lipinski definition) is 9. The van der Waals surface area contributed by atoms with E-state index in [9.17, 15) is 9.59 Å². The van der Waals surface area contributed by atoms with Crippen LogP contribution in [0.1, 0.15) is 10.6 Å². The van der Waals surface area contributed by atoms with E-state index in [1.54, 1.807) is 0 Å². The molecular formula is C16H15N7O2S2. The van der Waals surface area contributed by atoms with Gasteiger partial charge in [0.2, 0.25) is 16.9 Å². The molecule has 0 bridgehead atoms. The largest absolute Gasteiger partial charge is 0.314 e. The predicted molar refractivity (Wildman–Crippen MR) is 104 cm³/mol. The maximum atomic E-state index is 12.2. The molecule has 0 aliphatic carbocycles. The lowest BCUT2D eigenvalue weighted by molar-refractivity contribution is -0.118. The molecule has 0 fully saturated rings. The number of fused-ring (bicyclic) bond motifs is 1. The van der Waals surface area contributed by atoms with E-state index in [-0.39, 0.29) is 17.6 Å². The van der Waals surface area contributed by atoms with Crippen LogP contribution in [0, 0.1) is 6.92 Å². The first kappa shape index (κ1) is 17.5. The lowest BCUT2D eigenvalue weighted by Crippen LogP contribution is -2.53. The summed E-state index contributed by atoms with van der Waals surface area (Å²) in [5.41, 5.74) is 4.50. The van der Waals surface area contributed by atoms with E-state index in [0.717, 1.165) is 16.3 Å². The van der Waals surface area contributed by atoms with Crippen LogP contribution in [-0.4, -0.2) is 44.1 Å². The molecule has 1 aromatic heterocycles. The van der Waals surface area contributed by atoms with Gasteiger partial charge in [-0.05, 0) is 12.5 Å². The van der Waals surface area contributed by atoms with Gasteiger partial charge in [-0.3, -0.25) is 25.2 Å². The molecule has 0 spiro atoms. The predicted octanol–water partition coefficient (Wildman–Crippen LogP) is 1.15. The van der Waals surface area contributed by atoms with Crippen LogP contribution in [0.4, 0.5) is 5.13 Å². The zero-order valence-corrected chi connectivity index (χ0v) is 15.8. The Labute approximate surface area is 162 Å². The van der Waals surface area contributed by atoms with E-state index in [0.29, 0.717) is 10.3 Å². The Hall–Kier alpha value is -2.92. The van der Waals surface area contributed by atoms with Crippen LogP contribution in [0.15, 0.2) is 41.5 Å². The smallest absolute Gasteiger partial charge is 0.249 e. The van der Waals surface area contributed by atoms with Crippen LogP contribution >= 0.6 is 23.1 Å². The van der Waals surface area contributed by atoms with Gasteiger partial charge in [0.1, 0.15) is 5.01 Å². The standard InChI is InChI=1S/C16H15N7O2S2/c1-9-19-21-15(27-9)18-13(25)8-26-16-22-20-14-17-12(24)7-11(23(14)16)10-5-3-2-4-6-10/h2-7,14,20H,8H2,1H3,(H,17,24)(H,18,21,25). The first-order valence-electron chi connectivity index (χ1n) is 8.03. The number of thioether (sulfide) groups is 1. The number of amidine groups is 1. The van der Waals surface area contributed by atoms with E-state index in [1.165, 1.54) is 29.2 Å². The maximum Gasteiger partial charge on any atom is 0.249 e. The van der Waals surface area contributed by atoms with E-state index < -0.39 is 6.29 Å². The SMILES string of the molecule is Cc1nnc(NC(=O)CSC2=NNC3NC(=O)C=C(c4ccccc4)N23)s1. The maximum absolute atomic E-state index is 12.2. The summed E-state index contributed by atoms with van der Waals surface area (Å²) in [5, 5.41) is 19.4. The number of nitrogens with one attached hydrogen (secondary N) is 3. The van der Waals surface area contributed by atoms with Crippen LogP contribution in [0.5, 0.6) is 0 Å². The Morgan fingerprint density at radius 1 is 1.33 bits per heavy atom. The van der Waals surface area contributed by atoms with Crippen LogP contribution in [-0.2, 0) is 9.59 Å². The third-order valence-corrected chi connectivity index (χ3v) is 5.43. The van der Waals surface area contributed by atoms with Crippen molar-refractivity contribution in [1.82, 2.24) is 25.8 Å². The molecule has 1 atom stereocenters. The van der Waals surface area contributed by atoms with Crippen LogP contribution in [0.3, 0.4) is 0 Å². The van der Waals surface area contributed by atoms with Crippen molar-refractivity contribution in [2.75, 3.05) is 11.1 Å². The number of rotatable bonds is 4. The number of carbonyl (C=O) groups is 2. The van der Waals surface area contributed by atoms with Gasteiger partial charge in [0.15, 0.2) is 11.5 Å². The number of hydrazone groups is 1. The summed E-state index contributed by atoms with van der Waals surface area (Å²) in [6.07, 6.45) is 1.05. The highest BCUT2D eigenvalue weighted by Crippen LogP contribution is 2.29. The average molecular weight is 401 g/mol. The van der Waals surface area contributed by atoms with Gasteiger partial charge in [0.25, 0.3) is 0 Å². The molecule has 0 saturated heterocycles. The van der Waals surface area contributed by atoms with Gasteiger partial charge in [-0.25, -0.2) is 0 Å². The summed E-state index contributed by atoms with van der Waals surface area (Å²) in [6, 6.07) is 9.57. The summed E-state index contributed by atoms with van der Waals surface area (Å²) in [5.74, 6) is -0.250. The van der Waals surface area contributed by atoms with Gasteiger partial charge in [-0.2, -0.15) is 5.10 Å². The fourth-order valence-corrected chi connectivity index (χ4v) is 4.01. The van der Waals surface area contributed by atoms with Crippen molar-refractivity contribution in [2.24, 2.45) is 5.10 Å². The molecular weight excluding hydrogens is 386 g/mol. The van der Waals surface area contributed by atoms with Crippen molar-refractivity contribution in [2.45, 2.75) is 13.2 Å².